The largest absolute Gasteiger partial charge is 0.311 e. The summed E-state index contributed by atoms with van der Waals surface area (Å²) in [5.41, 5.74) is 3.35. The first kappa shape index (κ1) is 14.0. The van der Waals surface area contributed by atoms with Crippen LogP contribution in [0.15, 0.2) is 30.7 Å². The van der Waals surface area contributed by atoms with Crippen LogP contribution in [-0.2, 0) is 6.54 Å². The van der Waals surface area contributed by atoms with E-state index in [1.807, 2.05) is 18.5 Å². The van der Waals surface area contributed by atoms with Gasteiger partial charge in [0.15, 0.2) is 0 Å². The molecule has 1 fully saturated rings. The van der Waals surface area contributed by atoms with Crippen LogP contribution in [0.3, 0.4) is 0 Å². The van der Waals surface area contributed by atoms with Crippen LogP contribution < -0.4 is 5.32 Å². The van der Waals surface area contributed by atoms with Crippen molar-refractivity contribution in [2.24, 2.45) is 0 Å². The second kappa shape index (κ2) is 7.15. The maximum absolute atomic E-state index is 4.16. The first-order valence-electron chi connectivity index (χ1n) is 6.76. The lowest BCUT2D eigenvalue weighted by atomic mass is 10.1. The molecule has 4 nitrogen and oxygen atoms in total. The topological polar surface area (TPSA) is 53.6 Å². The number of thioether (sulfide) groups is 2. The maximum atomic E-state index is 4.16. The number of hydrogen-bond donors (Lipinski definition) is 2. The lowest BCUT2D eigenvalue weighted by Crippen LogP contribution is -2.28. The molecule has 0 saturated carbocycles. The zero-order valence-corrected chi connectivity index (χ0v) is 12.8. The van der Waals surface area contributed by atoms with E-state index in [0.29, 0.717) is 0 Å². The van der Waals surface area contributed by atoms with Crippen molar-refractivity contribution in [2.45, 2.75) is 11.8 Å². The third-order valence-electron chi connectivity index (χ3n) is 3.24. The average molecular weight is 306 g/mol. The van der Waals surface area contributed by atoms with Crippen LogP contribution in [-0.4, -0.2) is 44.2 Å². The summed E-state index contributed by atoms with van der Waals surface area (Å²) in [5, 5.41) is 11.5. The number of nitrogens with one attached hydrogen (secondary N) is 2. The van der Waals surface area contributed by atoms with E-state index in [1.165, 1.54) is 22.8 Å². The first-order chi connectivity index (χ1) is 9.93. The smallest absolute Gasteiger partial charge is 0.0710 e. The summed E-state index contributed by atoms with van der Waals surface area (Å²) in [6, 6.07) is 4.00. The van der Waals surface area contributed by atoms with Crippen LogP contribution in [0.25, 0.3) is 11.3 Å². The minimum Gasteiger partial charge on any atom is -0.311 e. The number of H-pyrrole nitrogens is 1. The third-order valence-corrected chi connectivity index (χ3v) is 6.09. The Morgan fingerprint density at radius 3 is 3.15 bits per heavy atom. The fourth-order valence-corrected chi connectivity index (χ4v) is 4.87. The Hall–Kier alpha value is -0.980. The molecule has 0 amide bonds. The summed E-state index contributed by atoms with van der Waals surface area (Å²) in [6.45, 7) is 1.91. The number of aromatic amines is 1. The van der Waals surface area contributed by atoms with Gasteiger partial charge in [-0.1, -0.05) is 0 Å². The molecule has 1 aliphatic heterocycles. The van der Waals surface area contributed by atoms with Crippen molar-refractivity contribution in [1.82, 2.24) is 20.5 Å². The van der Waals surface area contributed by atoms with E-state index >= 15 is 0 Å². The molecule has 0 spiro atoms. The predicted octanol–water partition coefficient (Wildman–Crippen LogP) is 2.41. The standard InChI is InChI=1S/C14H18N4S2/c1-2-11(6-15-3-1)14-12(8-17-18-14)7-16-9-13-10-19-4-5-20-13/h1-3,6,8,13,16H,4-5,7,9-10H2,(H,17,18). The van der Waals surface area contributed by atoms with E-state index in [0.717, 1.165) is 29.6 Å². The first-order valence-corrected chi connectivity index (χ1v) is 8.96. The Bertz CT molecular complexity index is 523. The van der Waals surface area contributed by atoms with Crippen molar-refractivity contribution in [3.05, 3.63) is 36.3 Å². The molecule has 106 valence electrons. The molecule has 0 aliphatic carbocycles. The molecule has 0 aromatic carbocycles. The Balaban J connectivity index is 1.57. The molecule has 0 bridgehead atoms. The van der Waals surface area contributed by atoms with E-state index < -0.39 is 0 Å². The Morgan fingerprint density at radius 2 is 2.35 bits per heavy atom. The highest BCUT2D eigenvalue weighted by Gasteiger charge is 2.14. The van der Waals surface area contributed by atoms with Crippen molar-refractivity contribution in [3.8, 4) is 11.3 Å². The van der Waals surface area contributed by atoms with Crippen LogP contribution in [0, 0.1) is 0 Å². The highest BCUT2D eigenvalue weighted by molar-refractivity contribution is 8.06. The van der Waals surface area contributed by atoms with Crippen molar-refractivity contribution >= 4 is 23.5 Å². The second-order valence-corrected chi connectivity index (χ2v) is 7.27. The zero-order valence-electron chi connectivity index (χ0n) is 11.2. The Kier molecular flexibility index (Phi) is 5.00. The number of aromatic nitrogens is 3. The minimum absolute atomic E-state index is 0.738. The van der Waals surface area contributed by atoms with Crippen molar-refractivity contribution < 1.29 is 0 Å². The van der Waals surface area contributed by atoms with Gasteiger partial charge in [0.2, 0.25) is 0 Å². The summed E-state index contributed by atoms with van der Waals surface area (Å²) in [7, 11) is 0. The normalized spacial score (nSPS) is 19.1. The highest BCUT2D eigenvalue weighted by atomic mass is 32.2. The van der Waals surface area contributed by atoms with Gasteiger partial charge in [-0.25, -0.2) is 0 Å². The van der Waals surface area contributed by atoms with Crippen molar-refractivity contribution in [1.29, 1.82) is 0 Å². The van der Waals surface area contributed by atoms with Crippen molar-refractivity contribution in [2.75, 3.05) is 23.8 Å². The summed E-state index contributed by atoms with van der Waals surface area (Å²) in [4.78, 5) is 4.16. The number of nitrogens with zero attached hydrogens (tertiary/aromatic N) is 2. The molecule has 1 unspecified atom stereocenters. The highest BCUT2D eigenvalue weighted by Crippen LogP contribution is 2.24. The summed E-state index contributed by atoms with van der Waals surface area (Å²) in [6.07, 6.45) is 5.55. The quantitative estimate of drug-likeness (QED) is 0.888. The van der Waals surface area contributed by atoms with E-state index in [2.05, 4.69) is 50.1 Å². The molecule has 20 heavy (non-hydrogen) atoms. The summed E-state index contributed by atoms with van der Waals surface area (Å²) < 4.78 is 0. The van der Waals surface area contributed by atoms with Crippen LogP contribution in [0.2, 0.25) is 0 Å². The predicted molar refractivity (Wildman–Crippen MR) is 87.1 cm³/mol. The van der Waals surface area contributed by atoms with E-state index in [1.54, 1.807) is 6.20 Å². The minimum atomic E-state index is 0.738. The number of hydrogen-bond acceptors (Lipinski definition) is 5. The van der Waals surface area contributed by atoms with Gasteiger partial charge in [-0.3, -0.25) is 10.1 Å². The van der Waals surface area contributed by atoms with E-state index in [9.17, 15) is 0 Å². The molecule has 3 heterocycles. The molecule has 2 aromatic rings. The van der Waals surface area contributed by atoms with Gasteiger partial charge in [-0.2, -0.15) is 28.6 Å². The zero-order chi connectivity index (χ0) is 13.6. The molecule has 2 aromatic heterocycles. The fraction of sp³-hybridized carbons (Fsp3) is 0.429. The molecule has 1 atom stereocenters. The molecule has 1 saturated heterocycles. The van der Waals surface area contributed by atoms with Gasteiger partial charge >= 0.3 is 0 Å². The fourth-order valence-electron chi connectivity index (χ4n) is 2.23. The number of rotatable bonds is 5. The van der Waals surface area contributed by atoms with Gasteiger partial charge < -0.3 is 5.32 Å². The Labute approximate surface area is 127 Å². The SMILES string of the molecule is c1cncc(-c2[nH]ncc2CNCC2CSCCS2)c1. The number of pyridine rings is 1. The van der Waals surface area contributed by atoms with E-state index in [-0.39, 0.29) is 0 Å². The molecule has 6 heteroatoms. The van der Waals surface area contributed by atoms with Crippen LogP contribution in [0.4, 0.5) is 0 Å². The van der Waals surface area contributed by atoms with Crippen molar-refractivity contribution in [3.63, 3.8) is 0 Å². The third kappa shape index (κ3) is 3.56. The molecular formula is C14H18N4S2. The lowest BCUT2D eigenvalue weighted by molar-refractivity contribution is 0.687. The van der Waals surface area contributed by atoms with E-state index in [4.69, 9.17) is 0 Å². The van der Waals surface area contributed by atoms with Gasteiger partial charge in [-0.15, -0.1) is 0 Å². The van der Waals surface area contributed by atoms with Gasteiger partial charge in [0.05, 0.1) is 11.9 Å². The maximum Gasteiger partial charge on any atom is 0.0710 e. The monoisotopic (exact) mass is 306 g/mol. The summed E-state index contributed by atoms with van der Waals surface area (Å²) >= 11 is 4.15. The van der Waals surface area contributed by atoms with Crippen LogP contribution in [0.5, 0.6) is 0 Å². The average Bonchev–Trinajstić information content (AvgIpc) is 2.98. The van der Waals surface area contributed by atoms with Gasteiger partial charge in [-0.05, 0) is 12.1 Å². The van der Waals surface area contributed by atoms with Crippen LogP contribution >= 0.6 is 23.5 Å². The van der Waals surface area contributed by atoms with Gasteiger partial charge in [0.1, 0.15) is 0 Å². The molecule has 0 radical (unpaired) electrons. The van der Waals surface area contributed by atoms with Gasteiger partial charge in [0, 0.05) is 59.1 Å². The molecule has 1 aliphatic rings. The molecule has 3 rings (SSSR count). The second-order valence-electron chi connectivity index (χ2n) is 4.71. The molecular weight excluding hydrogens is 288 g/mol. The lowest BCUT2D eigenvalue weighted by Gasteiger charge is -2.21. The van der Waals surface area contributed by atoms with Crippen LogP contribution in [0.1, 0.15) is 5.56 Å². The van der Waals surface area contributed by atoms with Gasteiger partial charge in [0.25, 0.3) is 0 Å². The Morgan fingerprint density at radius 1 is 1.35 bits per heavy atom. The summed E-state index contributed by atoms with van der Waals surface area (Å²) in [5.74, 6) is 3.84. The molecule has 2 N–H and O–H groups in total.